The Balaban J connectivity index is 1.63. The first-order chi connectivity index (χ1) is 12.1. The fraction of sp³-hybridized carbons (Fsp3) is 0.0556. The van der Waals surface area contributed by atoms with Gasteiger partial charge in [-0.05, 0) is 48.0 Å². The van der Waals surface area contributed by atoms with E-state index >= 15 is 0 Å². The highest BCUT2D eigenvalue weighted by molar-refractivity contribution is 7.16. The second-order valence-corrected chi connectivity index (χ2v) is 6.86. The van der Waals surface area contributed by atoms with Crippen molar-refractivity contribution in [2.45, 2.75) is 0 Å². The normalized spacial score (nSPS) is 15.5. The lowest BCUT2D eigenvalue weighted by Crippen LogP contribution is -2.37. The number of nitrogens with one attached hydrogen (secondary N) is 1. The monoisotopic (exact) mass is 368 g/mol. The first kappa shape index (κ1) is 15.8. The van der Waals surface area contributed by atoms with Gasteiger partial charge < -0.3 is 4.90 Å². The van der Waals surface area contributed by atoms with E-state index < -0.39 is 0 Å². The minimum absolute atomic E-state index is 0.222. The molecule has 1 amide bonds. The van der Waals surface area contributed by atoms with Crippen molar-refractivity contribution >= 4 is 56.8 Å². The fourth-order valence-corrected chi connectivity index (χ4v) is 3.37. The Morgan fingerprint density at radius 2 is 2.00 bits per heavy atom. The summed E-state index contributed by atoms with van der Waals surface area (Å²) in [6.45, 7) is 0. The first-order valence-corrected chi connectivity index (χ1v) is 8.80. The highest BCUT2D eigenvalue weighted by Gasteiger charge is 2.23. The highest BCUT2D eigenvalue weighted by Crippen LogP contribution is 2.23. The van der Waals surface area contributed by atoms with E-state index in [1.54, 1.807) is 40.0 Å². The number of rotatable bonds is 2. The number of fused-ring (bicyclic) bond motifs is 1. The van der Waals surface area contributed by atoms with Gasteiger partial charge in [-0.25, -0.2) is 9.98 Å². The van der Waals surface area contributed by atoms with E-state index in [2.05, 4.69) is 15.3 Å². The van der Waals surface area contributed by atoms with Crippen molar-refractivity contribution in [2.24, 2.45) is 4.99 Å². The number of hydrogen-bond donors (Lipinski definition) is 1. The van der Waals surface area contributed by atoms with Gasteiger partial charge in [0, 0.05) is 17.8 Å². The number of carbonyl (C=O) groups is 1. The maximum absolute atomic E-state index is 12.2. The maximum atomic E-state index is 12.2. The summed E-state index contributed by atoms with van der Waals surface area (Å²) in [4.78, 5) is 22.7. The number of carbonyl (C=O) groups excluding carboxylic acids is 1. The van der Waals surface area contributed by atoms with Crippen LogP contribution in [0.4, 0.5) is 5.69 Å². The van der Waals surface area contributed by atoms with Crippen molar-refractivity contribution in [3.05, 3.63) is 64.3 Å². The van der Waals surface area contributed by atoms with Crippen molar-refractivity contribution < 1.29 is 4.79 Å². The zero-order valence-electron chi connectivity index (χ0n) is 13.2. The molecule has 1 aromatic heterocycles. The van der Waals surface area contributed by atoms with Gasteiger partial charge in [-0.15, -0.1) is 11.3 Å². The number of halogens is 1. The molecule has 0 bridgehead atoms. The first-order valence-electron chi connectivity index (χ1n) is 7.54. The Morgan fingerprint density at radius 1 is 1.20 bits per heavy atom. The third-order valence-corrected chi connectivity index (χ3v) is 4.92. The smallest absolute Gasteiger partial charge is 0.276 e. The molecule has 5 nitrogen and oxygen atoms in total. The van der Waals surface area contributed by atoms with Crippen LogP contribution in [0.25, 0.3) is 16.3 Å². The van der Waals surface area contributed by atoms with Gasteiger partial charge in [-0.2, -0.15) is 0 Å². The van der Waals surface area contributed by atoms with Crippen LogP contribution in [0, 0.1) is 0 Å². The van der Waals surface area contributed by atoms with Gasteiger partial charge in [0.1, 0.15) is 5.70 Å². The van der Waals surface area contributed by atoms with Crippen LogP contribution in [-0.2, 0) is 4.79 Å². The minimum Gasteiger partial charge on any atom is -0.315 e. The molecule has 3 aromatic rings. The average molecular weight is 369 g/mol. The van der Waals surface area contributed by atoms with Crippen LogP contribution in [-0.4, -0.2) is 23.9 Å². The van der Waals surface area contributed by atoms with E-state index in [0.29, 0.717) is 16.7 Å². The lowest BCUT2D eigenvalue weighted by molar-refractivity contribution is -0.115. The van der Waals surface area contributed by atoms with Crippen molar-refractivity contribution in [3.63, 3.8) is 0 Å². The molecular weight excluding hydrogens is 356 g/mol. The van der Waals surface area contributed by atoms with E-state index in [1.807, 2.05) is 37.4 Å². The third kappa shape index (κ3) is 3.14. The summed E-state index contributed by atoms with van der Waals surface area (Å²) in [5.74, 6) is 0.262. The maximum Gasteiger partial charge on any atom is 0.276 e. The van der Waals surface area contributed by atoms with Gasteiger partial charge >= 0.3 is 0 Å². The summed E-state index contributed by atoms with van der Waals surface area (Å²) < 4.78 is 1.08. The molecule has 0 spiro atoms. The number of aromatic nitrogens is 1. The topological polar surface area (TPSA) is 57.6 Å². The number of hydrogen-bond acceptors (Lipinski definition) is 5. The molecule has 1 aliphatic rings. The predicted molar refractivity (Wildman–Crippen MR) is 103 cm³/mol. The second-order valence-electron chi connectivity index (χ2n) is 5.53. The van der Waals surface area contributed by atoms with Crippen LogP contribution in [0.1, 0.15) is 5.56 Å². The molecule has 0 fully saturated rings. The van der Waals surface area contributed by atoms with Gasteiger partial charge in [0.2, 0.25) is 5.96 Å². The average Bonchev–Trinajstić information content (AvgIpc) is 3.21. The van der Waals surface area contributed by atoms with Crippen LogP contribution in [0.5, 0.6) is 0 Å². The molecule has 7 heteroatoms. The lowest BCUT2D eigenvalue weighted by Gasteiger charge is -2.18. The summed E-state index contributed by atoms with van der Waals surface area (Å²) in [6.07, 6.45) is 1.77. The van der Waals surface area contributed by atoms with Crippen LogP contribution in [0.2, 0.25) is 5.02 Å². The van der Waals surface area contributed by atoms with Gasteiger partial charge in [0.05, 0.1) is 15.7 Å². The van der Waals surface area contributed by atoms with Crippen molar-refractivity contribution in [1.29, 1.82) is 0 Å². The molecule has 0 saturated heterocycles. The molecule has 0 aliphatic carbocycles. The number of benzene rings is 2. The zero-order chi connectivity index (χ0) is 17.4. The largest absolute Gasteiger partial charge is 0.315 e. The highest BCUT2D eigenvalue weighted by atomic mass is 35.5. The van der Waals surface area contributed by atoms with Crippen molar-refractivity contribution in [1.82, 2.24) is 10.3 Å². The zero-order valence-corrected chi connectivity index (χ0v) is 14.8. The summed E-state index contributed by atoms with van der Waals surface area (Å²) in [7, 11) is 1.84. The molecule has 1 N–H and O–H groups in total. The van der Waals surface area contributed by atoms with Gasteiger partial charge in [-0.1, -0.05) is 17.7 Å². The van der Waals surface area contributed by atoms with Crippen LogP contribution >= 0.6 is 22.9 Å². The molecular formula is C18H13ClN4OS. The summed E-state index contributed by atoms with van der Waals surface area (Å²) in [6, 6.07) is 13.2. The van der Waals surface area contributed by atoms with E-state index in [4.69, 9.17) is 11.6 Å². The summed E-state index contributed by atoms with van der Waals surface area (Å²) in [5, 5.41) is 3.46. The molecule has 25 heavy (non-hydrogen) atoms. The molecule has 1 aliphatic heterocycles. The SMILES string of the molecule is CN(C1=NC(=Cc2ccc3ncsc3c2)C(=O)N1)c1ccc(Cl)cc1. The van der Waals surface area contributed by atoms with E-state index in [1.165, 1.54) is 0 Å². The number of aliphatic imine (C=N–C) groups is 1. The van der Waals surface area contributed by atoms with E-state index in [9.17, 15) is 4.79 Å². The minimum atomic E-state index is -0.222. The Labute approximate surface area is 153 Å². The van der Waals surface area contributed by atoms with Crippen LogP contribution < -0.4 is 10.2 Å². The van der Waals surface area contributed by atoms with Crippen molar-refractivity contribution in [3.8, 4) is 0 Å². The fourth-order valence-electron chi connectivity index (χ4n) is 2.52. The Morgan fingerprint density at radius 3 is 2.80 bits per heavy atom. The predicted octanol–water partition coefficient (Wildman–Crippen LogP) is 3.91. The Hall–Kier alpha value is -2.70. The lowest BCUT2D eigenvalue weighted by atomic mass is 10.2. The molecule has 4 rings (SSSR count). The molecule has 0 atom stereocenters. The molecule has 2 aromatic carbocycles. The number of anilines is 1. The summed E-state index contributed by atoms with van der Waals surface area (Å²) in [5.41, 5.74) is 4.94. The number of guanidine groups is 1. The molecule has 2 heterocycles. The van der Waals surface area contributed by atoms with Gasteiger partial charge in [-0.3, -0.25) is 10.1 Å². The Kier molecular flexibility index (Phi) is 3.99. The molecule has 0 radical (unpaired) electrons. The van der Waals surface area contributed by atoms with E-state index in [0.717, 1.165) is 21.5 Å². The van der Waals surface area contributed by atoms with Crippen LogP contribution in [0.15, 0.2) is 58.7 Å². The van der Waals surface area contributed by atoms with Gasteiger partial charge in [0.15, 0.2) is 0 Å². The standard InChI is InChI=1S/C18H13ClN4OS/c1-23(13-5-3-12(19)4-6-13)18-21-15(17(24)22-18)8-11-2-7-14-16(9-11)25-10-20-14/h2-10H,1H3,(H,21,22,24). The van der Waals surface area contributed by atoms with E-state index in [-0.39, 0.29) is 5.91 Å². The molecule has 0 unspecified atom stereocenters. The summed E-state index contributed by atoms with van der Waals surface area (Å²) >= 11 is 7.48. The van der Waals surface area contributed by atoms with Crippen molar-refractivity contribution in [2.75, 3.05) is 11.9 Å². The number of nitrogens with zero attached hydrogens (tertiary/aromatic N) is 3. The third-order valence-electron chi connectivity index (χ3n) is 3.87. The molecule has 124 valence electrons. The quantitative estimate of drug-likeness (QED) is 0.697. The Bertz CT molecular complexity index is 1020. The number of thiazole rings is 1. The second kappa shape index (κ2) is 6.31. The molecule has 0 saturated carbocycles. The van der Waals surface area contributed by atoms with Gasteiger partial charge in [0.25, 0.3) is 5.91 Å². The van der Waals surface area contributed by atoms with Crippen LogP contribution in [0.3, 0.4) is 0 Å². The number of amides is 1.